The van der Waals surface area contributed by atoms with Gasteiger partial charge in [0.1, 0.15) is 5.76 Å². The number of ether oxygens (including phenoxy) is 1. The van der Waals surface area contributed by atoms with Gasteiger partial charge >= 0.3 is 0 Å². The van der Waals surface area contributed by atoms with Gasteiger partial charge in [-0.15, -0.1) is 0 Å². The molecule has 0 aliphatic carbocycles. The first-order valence-corrected chi connectivity index (χ1v) is 8.31. The fourth-order valence-corrected chi connectivity index (χ4v) is 2.25. The highest BCUT2D eigenvalue weighted by Gasteiger charge is 2.14. The molecule has 1 aromatic rings. The van der Waals surface area contributed by atoms with Crippen molar-refractivity contribution in [2.75, 3.05) is 13.2 Å². The minimum atomic E-state index is 0.0602. The zero-order valence-corrected chi connectivity index (χ0v) is 15.3. The van der Waals surface area contributed by atoms with Gasteiger partial charge in [0.25, 0.3) is 0 Å². The van der Waals surface area contributed by atoms with Crippen LogP contribution in [0.3, 0.4) is 0 Å². The summed E-state index contributed by atoms with van der Waals surface area (Å²) in [6.45, 7) is 20.9. The Bertz CT molecular complexity index is 688. The third-order valence-corrected chi connectivity index (χ3v) is 3.61. The van der Waals surface area contributed by atoms with Gasteiger partial charge in [0, 0.05) is 17.8 Å². The number of rotatable bonds is 10. The Morgan fingerprint density at radius 1 is 1.12 bits per heavy atom. The standard InChI is InChI=1S/C23H28O2/c1-7-12-21(16-25-15-17(3)4)18(5)19(6)23(24)22(8-2)20-13-10-9-11-14-20/h7-14,17,24H,1-2,5-6,15-16H2,3-4H3/b21-12-,23-22-. The molecule has 2 nitrogen and oxygen atoms in total. The lowest BCUT2D eigenvalue weighted by molar-refractivity contribution is 0.130. The highest BCUT2D eigenvalue weighted by atomic mass is 16.5. The summed E-state index contributed by atoms with van der Waals surface area (Å²) in [5, 5.41) is 10.7. The van der Waals surface area contributed by atoms with Crippen LogP contribution in [0.2, 0.25) is 0 Å². The van der Waals surface area contributed by atoms with Crippen LogP contribution in [0.25, 0.3) is 5.57 Å². The molecule has 0 aliphatic rings. The van der Waals surface area contributed by atoms with E-state index in [1.807, 2.05) is 36.4 Å². The first-order chi connectivity index (χ1) is 11.9. The molecule has 1 aromatic carbocycles. The molecule has 0 heterocycles. The first kappa shape index (κ1) is 20.5. The summed E-state index contributed by atoms with van der Waals surface area (Å²) in [4.78, 5) is 0. The van der Waals surface area contributed by atoms with Gasteiger partial charge in [0.2, 0.25) is 0 Å². The van der Waals surface area contributed by atoms with E-state index in [9.17, 15) is 5.11 Å². The second kappa shape index (κ2) is 10.3. The van der Waals surface area contributed by atoms with Crippen LogP contribution in [-0.2, 0) is 4.74 Å². The molecule has 1 N–H and O–H groups in total. The van der Waals surface area contributed by atoms with Crippen LogP contribution in [0.4, 0.5) is 0 Å². The quantitative estimate of drug-likeness (QED) is 0.417. The van der Waals surface area contributed by atoms with Gasteiger partial charge < -0.3 is 9.84 Å². The zero-order chi connectivity index (χ0) is 18.8. The molecular weight excluding hydrogens is 308 g/mol. The zero-order valence-electron chi connectivity index (χ0n) is 15.3. The third kappa shape index (κ3) is 6.09. The van der Waals surface area contributed by atoms with Crippen molar-refractivity contribution < 1.29 is 9.84 Å². The van der Waals surface area contributed by atoms with E-state index >= 15 is 0 Å². The molecule has 132 valence electrons. The summed E-state index contributed by atoms with van der Waals surface area (Å²) in [5.41, 5.74) is 3.39. The smallest absolute Gasteiger partial charge is 0.130 e. The summed E-state index contributed by atoms with van der Waals surface area (Å²) in [6.07, 6.45) is 5.13. The molecule has 1 rings (SSSR count). The van der Waals surface area contributed by atoms with E-state index in [4.69, 9.17) is 4.74 Å². The second-order valence-corrected chi connectivity index (χ2v) is 6.13. The maximum Gasteiger partial charge on any atom is 0.130 e. The maximum atomic E-state index is 10.7. The predicted octanol–water partition coefficient (Wildman–Crippen LogP) is 6.04. The van der Waals surface area contributed by atoms with Crippen LogP contribution in [-0.4, -0.2) is 18.3 Å². The van der Waals surface area contributed by atoms with Gasteiger partial charge in [0.05, 0.1) is 6.61 Å². The van der Waals surface area contributed by atoms with E-state index in [1.54, 1.807) is 12.2 Å². The van der Waals surface area contributed by atoms with Crippen LogP contribution in [0.1, 0.15) is 19.4 Å². The lowest BCUT2D eigenvalue weighted by Crippen LogP contribution is -2.08. The molecule has 0 saturated heterocycles. The highest BCUT2D eigenvalue weighted by molar-refractivity contribution is 5.79. The SMILES string of the molecule is C=C/C=C(/COCC(C)C)C(=C)C(=C)/C(O)=C(\C=C)c1ccccc1. The number of aliphatic hydroxyl groups is 1. The van der Waals surface area contributed by atoms with Crippen LogP contribution in [0, 0.1) is 5.92 Å². The Kier molecular flexibility index (Phi) is 8.45. The molecule has 0 unspecified atom stereocenters. The molecule has 0 saturated carbocycles. The minimum Gasteiger partial charge on any atom is -0.507 e. The number of aliphatic hydroxyl groups excluding tert-OH is 1. The number of hydrogen-bond acceptors (Lipinski definition) is 2. The van der Waals surface area contributed by atoms with E-state index in [-0.39, 0.29) is 5.76 Å². The molecule has 0 atom stereocenters. The van der Waals surface area contributed by atoms with Gasteiger partial charge in [0.15, 0.2) is 0 Å². The second-order valence-electron chi connectivity index (χ2n) is 6.13. The number of hydrogen-bond donors (Lipinski definition) is 1. The van der Waals surface area contributed by atoms with Crippen LogP contribution in [0.15, 0.2) is 97.4 Å². The van der Waals surface area contributed by atoms with Crippen molar-refractivity contribution >= 4 is 5.57 Å². The van der Waals surface area contributed by atoms with Gasteiger partial charge in [-0.3, -0.25) is 0 Å². The molecule has 0 aromatic heterocycles. The predicted molar refractivity (Wildman–Crippen MR) is 108 cm³/mol. The fraction of sp³-hybridized carbons (Fsp3) is 0.217. The topological polar surface area (TPSA) is 29.5 Å². The molecule has 25 heavy (non-hydrogen) atoms. The van der Waals surface area contributed by atoms with E-state index in [0.29, 0.717) is 35.9 Å². The van der Waals surface area contributed by atoms with Crippen molar-refractivity contribution in [1.82, 2.24) is 0 Å². The van der Waals surface area contributed by atoms with Crippen molar-refractivity contribution in [1.29, 1.82) is 0 Å². The summed E-state index contributed by atoms with van der Waals surface area (Å²) in [6, 6.07) is 9.57. The normalized spacial score (nSPS) is 12.5. The third-order valence-electron chi connectivity index (χ3n) is 3.61. The molecule has 0 spiro atoms. The van der Waals surface area contributed by atoms with E-state index in [0.717, 1.165) is 11.1 Å². The number of allylic oxidation sites excluding steroid dienone is 5. The molecule has 0 bridgehead atoms. The van der Waals surface area contributed by atoms with Crippen LogP contribution in [0.5, 0.6) is 0 Å². The molecule has 2 heteroatoms. The lowest BCUT2D eigenvalue weighted by atomic mass is 9.94. The Morgan fingerprint density at radius 2 is 1.76 bits per heavy atom. The van der Waals surface area contributed by atoms with E-state index in [1.165, 1.54) is 0 Å². The molecular formula is C23H28O2. The van der Waals surface area contributed by atoms with Crippen LogP contribution >= 0.6 is 0 Å². The molecule has 0 radical (unpaired) electrons. The van der Waals surface area contributed by atoms with Crippen molar-refractivity contribution in [3.05, 3.63) is 103 Å². The Labute approximate surface area is 151 Å². The first-order valence-electron chi connectivity index (χ1n) is 8.31. The van der Waals surface area contributed by atoms with Crippen LogP contribution < -0.4 is 0 Å². The van der Waals surface area contributed by atoms with E-state index < -0.39 is 0 Å². The minimum absolute atomic E-state index is 0.0602. The summed E-state index contributed by atoms with van der Waals surface area (Å²) >= 11 is 0. The van der Waals surface area contributed by atoms with E-state index in [2.05, 4.69) is 40.2 Å². The average Bonchev–Trinajstić information content (AvgIpc) is 2.61. The average molecular weight is 336 g/mol. The number of benzene rings is 1. The fourth-order valence-electron chi connectivity index (χ4n) is 2.25. The Balaban J connectivity index is 3.06. The Morgan fingerprint density at radius 3 is 2.28 bits per heavy atom. The molecule has 0 aliphatic heterocycles. The van der Waals surface area contributed by atoms with Crippen molar-refractivity contribution in [2.45, 2.75) is 13.8 Å². The van der Waals surface area contributed by atoms with Crippen molar-refractivity contribution in [2.24, 2.45) is 5.92 Å². The Hall–Kier alpha value is -2.58. The molecule has 0 fully saturated rings. The monoisotopic (exact) mass is 336 g/mol. The summed E-state index contributed by atoms with van der Waals surface area (Å²) < 4.78 is 5.70. The van der Waals surface area contributed by atoms with Gasteiger partial charge in [-0.05, 0) is 22.6 Å². The largest absolute Gasteiger partial charge is 0.507 e. The van der Waals surface area contributed by atoms with Gasteiger partial charge in [-0.2, -0.15) is 0 Å². The molecule has 0 amide bonds. The lowest BCUT2D eigenvalue weighted by Gasteiger charge is -2.16. The summed E-state index contributed by atoms with van der Waals surface area (Å²) in [7, 11) is 0. The summed E-state index contributed by atoms with van der Waals surface area (Å²) in [5.74, 6) is 0.505. The van der Waals surface area contributed by atoms with Crippen molar-refractivity contribution in [3.63, 3.8) is 0 Å². The maximum absolute atomic E-state index is 10.7. The highest BCUT2D eigenvalue weighted by Crippen LogP contribution is 2.28. The van der Waals surface area contributed by atoms with Gasteiger partial charge in [-0.25, -0.2) is 0 Å². The van der Waals surface area contributed by atoms with Crippen molar-refractivity contribution in [3.8, 4) is 0 Å². The van der Waals surface area contributed by atoms with Gasteiger partial charge in [-0.1, -0.05) is 88.7 Å².